The minimum absolute atomic E-state index is 0.0849. The zero-order valence-electron chi connectivity index (χ0n) is 13.6. The van der Waals surface area contributed by atoms with Crippen LogP contribution in [0.1, 0.15) is 15.2 Å². The summed E-state index contributed by atoms with van der Waals surface area (Å²) in [7, 11) is 0. The summed E-state index contributed by atoms with van der Waals surface area (Å²) in [4.78, 5) is 61.5. The molecule has 0 unspecified atom stereocenters. The first-order valence-corrected chi connectivity index (χ1v) is 9.41. The highest BCUT2D eigenvalue weighted by atomic mass is 35.6. The summed E-state index contributed by atoms with van der Waals surface area (Å²) in [5, 5.41) is 1.65. The first-order valence-electron chi connectivity index (χ1n) is 7.14. The van der Waals surface area contributed by atoms with Crippen molar-refractivity contribution in [1.82, 2.24) is 9.88 Å². The second-order valence-electron chi connectivity index (χ2n) is 5.16. The van der Waals surface area contributed by atoms with Gasteiger partial charge in [0.15, 0.2) is 5.76 Å². The molecule has 0 aliphatic heterocycles. The zero-order valence-corrected chi connectivity index (χ0v) is 18.1. The topological polar surface area (TPSA) is 115 Å². The fourth-order valence-corrected chi connectivity index (χ4v) is 2.40. The average Bonchev–Trinajstić information content (AvgIpc) is 2.60. The van der Waals surface area contributed by atoms with Crippen molar-refractivity contribution >= 4 is 87.3 Å². The number of imide groups is 1. The Balaban J connectivity index is 2.79. The van der Waals surface area contributed by atoms with Gasteiger partial charge in [-0.3, -0.25) is 24.5 Å². The summed E-state index contributed by atoms with van der Waals surface area (Å²) in [5.74, 6) is -6.54. The van der Waals surface area contributed by atoms with Crippen LogP contribution >= 0.6 is 69.6 Å². The molecule has 8 nitrogen and oxygen atoms in total. The van der Waals surface area contributed by atoms with Gasteiger partial charge in [0.2, 0.25) is 0 Å². The molecular formula is C15H6Cl6N2O6. The molecule has 0 saturated heterocycles. The number of carbonyl (C=O) groups is 3. The maximum atomic E-state index is 12.8. The summed E-state index contributed by atoms with van der Waals surface area (Å²) in [6, 6.07) is 7.36. The van der Waals surface area contributed by atoms with E-state index in [9.17, 15) is 24.0 Å². The van der Waals surface area contributed by atoms with E-state index in [1.807, 2.05) is 0 Å². The van der Waals surface area contributed by atoms with Crippen molar-refractivity contribution in [2.24, 2.45) is 0 Å². The highest BCUT2D eigenvalue weighted by molar-refractivity contribution is 6.77. The Labute approximate surface area is 191 Å². The van der Waals surface area contributed by atoms with Crippen LogP contribution in [0, 0.1) is 0 Å². The van der Waals surface area contributed by atoms with E-state index in [0.29, 0.717) is 0 Å². The molecule has 1 N–H and O–H groups in total. The van der Waals surface area contributed by atoms with E-state index in [0.717, 1.165) is 0 Å². The third-order valence-electron chi connectivity index (χ3n) is 3.21. The van der Waals surface area contributed by atoms with Gasteiger partial charge in [-0.25, -0.2) is 4.79 Å². The molecule has 0 bridgehead atoms. The largest absolute Gasteiger partial charge is 0.429 e. The highest BCUT2D eigenvalue weighted by Gasteiger charge is 2.38. The Morgan fingerprint density at radius 1 is 0.897 bits per heavy atom. The number of nitrogens with one attached hydrogen (secondary N) is 1. The molecule has 14 heteroatoms. The van der Waals surface area contributed by atoms with Crippen LogP contribution < -0.4 is 16.6 Å². The lowest BCUT2D eigenvalue weighted by molar-refractivity contribution is -0.119. The van der Waals surface area contributed by atoms with Gasteiger partial charge in [0.1, 0.15) is 5.56 Å². The summed E-state index contributed by atoms with van der Waals surface area (Å²) in [6.45, 7) is 0. The standard InChI is InChI=1S/C15H6Cl6N2O6/c16-14(17,18)11(26)22-9(24)7-8(6-4-2-1-3-5-6)29-13(28)23(10(7)25)12(27)15(19,20)21/h1-5H,(H,22,24,26). The molecule has 1 aromatic carbocycles. The number of halogens is 6. The number of hydrogen-bond donors (Lipinski definition) is 1. The smallest absolute Gasteiger partial charge is 0.408 e. The minimum Gasteiger partial charge on any atom is -0.408 e. The first kappa shape index (κ1) is 23.7. The third kappa shape index (κ3) is 5.33. The molecule has 1 heterocycles. The predicted octanol–water partition coefficient (Wildman–Crippen LogP) is 3.11. The van der Waals surface area contributed by atoms with Crippen molar-refractivity contribution in [3.05, 3.63) is 56.8 Å². The SMILES string of the molecule is O=C(NC(=O)C(Cl)(Cl)Cl)c1c(-c2ccccc2)oc(=O)n(C(=O)C(Cl)(Cl)Cl)c1=O. The van der Waals surface area contributed by atoms with Crippen LogP contribution in [-0.4, -0.2) is 29.9 Å². The summed E-state index contributed by atoms with van der Waals surface area (Å²) < 4.78 is -0.529. The molecule has 0 saturated carbocycles. The van der Waals surface area contributed by atoms with Crippen molar-refractivity contribution in [2.45, 2.75) is 7.59 Å². The van der Waals surface area contributed by atoms with Gasteiger partial charge < -0.3 is 4.42 Å². The van der Waals surface area contributed by atoms with E-state index in [1.165, 1.54) is 24.3 Å². The summed E-state index contributed by atoms with van der Waals surface area (Å²) in [5.41, 5.74) is -2.38. The summed E-state index contributed by atoms with van der Waals surface area (Å²) in [6.07, 6.45) is 0. The van der Waals surface area contributed by atoms with Crippen LogP contribution in [0.5, 0.6) is 0 Å². The molecule has 29 heavy (non-hydrogen) atoms. The lowest BCUT2D eigenvalue weighted by Crippen LogP contribution is -2.48. The van der Waals surface area contributed by atoms with Gasteiger partial charge in [0.25, 0.3) is 30.9 Å². The monoisotopic (exact) mass is 520 g/mol. The number of benzene rings is 1. The Hall–Kier alpha value is -1.55. The quantitative estimate of drug-likeness (QED) is 0.606. The van der Waals surface area contributed by atoms with Crippen molar-refractivity contribution in [3.63, 3.8) is 0 Å². The van der Waals surface area contributed by atoms with E-state index in [4.69, 9.17) is 74.0 Å². The van der Waals surface area contributed by atoms with E-state index in [-0.39, 0.29) is 10.1 Å². The number of carbonyl (C=O) groups excluding carboxylic acids is 3. The van der Waals surface area contributed by atoms with Crippen LogP contribution in [-0.2, 0) is 4.79 Å². The molecule has 1 aromatic heterocycles. The number of rotatable bonds is 2. The van der Waals surface area contributed by atoms with Crippen molar-refractivity contribution < 1.29 is 18.8 Å². The van der Waals surface area contributed by atoms with Gasteiger partial charge in [0, 0.05) is 5.56 Å². The van der Waals surface area contributed by atoms with Crippen LogP contribution in [0.2, 0.25) is 0 Å². The van der Waals surface area contributed by atoms with Crippen LogP contribution in [0.3, 0.4) is 0 Å². The Kier molecular flexibility index (Phi) is 7.09. The number of aromatic nitrogens is 1. The van der Waals surface area contributed by atoms with E-state index in [1.54, 1.807) is 11.4 Å². The molecule has 0 aliphatic rings. The maximum Gasteiger partial charge on any atom is 0.429 e. The van der Waals surface area contributed by atoms with Crippen LogP contribution in [0.4, 0.5) is 0 Å². The fourth-order valence-electron chi connectivity index (χ4n) is 2.01. The minimum atomic E-state index is -2.73. The number of hydrogen-bond acceptors (Lipinski definition) is 6. The van der Waals surface area contributed by atoms with E-state index >= 15 is 0 Å². The molecule has 2 rings (SSSR count). The maximum absolute atomic E-state index is 12.8. The van der Waals surface area contributed by atoms with Gasteiger partial charge in [-0.15, -0.1) is 0 Å². The van der Waals surface area contributed by atoms with Gasteiger partial charge in [0.05, 0.1) is 0 Å². The van der Waals surface area contributed by atoms with Gasteiger partial charge in [-0.05, 0) is 0 Å². The molecule has 0 radical (unpaired) electrons. The highest BCUT2D eigenvalue weighted by Crippen LogP contribution is 2.28. The Morgan fingerprint density at radius 2 is 1.45 bits per heavy atom. The Morgan fingerprint density at radius 3 is 1.93 bits per heavy atom. The van der Waals surface area contributed by atoms with Gasteiger partial charge in [-0.2, -0.15) is 4.57 Å². The second kappa shape index (κ2) is 8.67. The molecule has 154 valence electrons. The van der Waals surface area contributed by atoms with Crippen molar-refractivity contribution in [1.29, 1.82) is 0 Å². The lowest BCUT2D eigenvalue weighted by atomic mass is 10.1. The Bertz CT molecular complexity index is 1100. The number of alkyl halides is 6. The van der Waals surface area contributed by atoms with Crippen LogP contribution in [0.15, 0.2) is 44.3 Å². The molecule has 2 amide bonds. The van der Waals surface area contributed by atoms with Crippen molar-refractivity contribution in [3.8, 4) is 11.3 Å². The summed E-state index contributed by atoms with van der Waals surface area (Å²) >= 11 is 32.4. The third-order valence-corrected chi connectivity index (χ3v) is 4.21. The van der Waals surface area contributed by atoms with E-state index in [2.05, 4.69) is 0 Å². The molecule has 0 aliphatic carbocycles. The van der Waals surface area contributed by atoms with Crippen LogP contribution in [0.25, 0.3) is 11.3 Å². The molecule has 0 spiro atoms. The molecule has 2 aromatic rings. The van der Waals surface area contributed by atoms with Gasteiger partial charge >= 0.3 is 5.76 Å². The van der Waals surface area contributed by atoms with Gasteiger partial charge in [-0.1, -0.05) is 99.9 Å². The molecule has 0 fully saturated rings. The average molecular weight is 523 g/mol. The molecule has 0 atom stereocenters. The van der Waals surface area contributed by atoms with Crippen molar-refractivity contribution in [2.75, 3.05) is 0 Å². The number of amides is 2. The molecular weight excluding hydrogens is 517 g/mol. The van der Waals surface area contributed by atoms with E-state index < -0.39 is 47.9 Å². The second-order valence-corrected chi connectivity index (χ2v) is 9.73. The lowest BCUT2D eigenvalue weighted by Gasteiger charge is -2.14. The normalized spacial score (nSPS) is 11.8. The predicted molar refractivity (Wildman–Crippen MR) is 108 cm³/mol. The first-order chi connectivity index (χ1) is 13.2. The zero-order chi connectivity index (χ0) is 22.1. The fraction of sp³-hybridized carbons (Fsp3) is 0.133. The number of nitrogens with zero attached hydrogens (tertiary/aromatic N) is 1.